The Hall–Kier alpha value is -5.36. The molecule has 1 fully saturated rings. The molecule has 4 aromatic rings. The quantitative estimate of drug-likeness (QED) is 0.0981. The molecule has 2 heterocycles. The average Bonchev–Trinajstić information content (AvgIpc) is 3.58. The lowest BCUT2D eigenvalue weighted by Crippen LogP contribution is -2.29. The molecule has 3 aromatic carbocycles. The molecule has 1 saturated heterocycles. The number of Topliss-reactive ketones (excluding diaryl/α,β-unsaturated/α-hetero) is 1. The zero-order chi connectivity index (χ0) is 33.1. The number of aliphatic hydroxyl groups is 1. The second-order valence-corrected chi connectivity index (χ2v) is 11.3. The second-order valence-electron chi connectivity index (χ2n) is 10.3. The highest BCUT2D eigenvalue weighted by Crippen LogP contribution is 2.48. The third kappa shape index (κ3) is 5.86. The molecule has 1 aliphatic heterocycles. The van der Waals surface area contributed by atoms with Gasteiger partial charge in [0.15, 0.2) is 16.6 Å². The van der Waals surface area contributed by atoms with E-state index in [0.29, 0.717) is 40.5 Å². The van der Waals surface area contributed by atoms with Crippen molar-refractivity contribution in [1.29, 1.82) is 0 Å². The number of aryl methyl sites for hydroxylation is 2. The van der Waals surface area contributed by atoms with Gasteiger partial charge in [0.2, 0.25) is 5.75 Å². The predicted octanol–water partition coefficient (Wildman–Crippen LogP) is 5.78. The molecule has 12 heteroatoms. The van der Waals surface area contributed by atoms with Gasteiger partial charge in [0.1, 0.15) is 23.0 Å². The minimum absolute atomic E-state index is 0.0682. The van der Waals surface area contributed by atoms with Crippen LogP contribution in [0.4, 0.5) is 5.13 Å². The van der Waals surface area contributed by atoms with Gasteiger partial charge in [-0.3, -0.25) is 14.5 Å². The average molecular weight is 645 g/mol. The highest BCUT2D eigenvalue weighted by atomic mass is 32.1. The topological polar surface area (TPSA) is 134 Å². The van der Waals surface area contributed by atoms with Gasteiger partial charge < -0.3 is 28.8 Å². The number of rotatable bonds is 10. The first kappa shape index (κ1) is 32.0. The Morgan fingerprint density at radius 2 is 1.59 bits per heavy atom. The van der Waals surface area contributed by atoms with Crippen molar-refractivity contribution >= 4 is 39.9 Å². The van der Waals surface area contributed by atoms with Crippen molar-refractivity contribution in [2.45, 2.75) is 26.5 Å². The molecule has 0 spiro atoms. The van der Waals surface area contributed by atoms with Gasteiger partial charge in [-0.25, -0.2) is 9.78 Å². The molecule has 1 aromatic heterocycles. The second kappa shape index (κ2) is 13.3. The summed E-state index contributed by atoms with van der Waals surface area (Å²) >= 11 is 0.898. The highest BCUT2D eigenvalue weighted by Gasteiger charge is 2.49. The number of anilines is 1. The van der Waals surface area contributed by atoms with Crippen LogP contribution >= 0.6 is 11.3 Å². The number of aliphatic hydroxyl groups excluding tert-OH is 1. The van der Waals surface area contributed by atoms with Crippen LogP contribution < -0.4 is 23.8 Å². The number of hydrogen-bond donors (Lipinski definition) is 1. The summed E-state index contributed by atoms with van der Waals surface area (Å²) in [4.78, 5) is 45.7. The van der Waals surface area contributed by atoms with E-state index in [9.17, 15) is 19.5 Å². The van der Waals surface area contributed by atoms with Crippen LogP contribution in [0.3, 0.4) is 0 Å². The monoisotopic (exact) mass is 644 g/mol. The summed E-state index contributed by atoms with van der Waals surface area (Å²) in [6.07, 6.45) is 0. The summed E-state index contributed by atoms with van der Waals surface area (Å²) in [7, 11) is 5.57. The highest BCUT2D eigenvalue weighted by molar-refractivity contribution is 7.17. The zero-order valence-electron chi connectivity index (χ0n) is 26.1. The lowest BCUT2D eigenvalue weighted by atomic mass is 9.94. The maximum atomic E-state index is 13.8. The smallest absolute Gasteiger partial charge is 0.350 e. The third-order valence-corrected chi connectivity index (χ3v) is 8.63. The van der Waals surface area contributed by atoms with E-state index in [4.69, 9.17) is 23.7 Å². The number of ether oxygens (including phenoxy) is 5. The van der Waals surface area contributed by atoms with Gasteiger partial charge >= 0.3 is 11.9 Å². The van der Waals surface area contributed by atoms with Gasteiger partial charge in [0.05, 0.1) is 45.7 Å². The fourth-order valence-electron chi connectivity index (χ4n) is 5.22. The molecule has 1 aliphatic rings. The molecule has 1 N–H and O–H groups in total. The van der Waals surface area contributed by atoms with Crippen molar-refractivity contribution in [3.05, 3.63) is 99.1 Å². The lowest BCUT2D eigenvalue weighted by Gasteiger charge is -2.24. The zero-order valence-corrected chi connectivity index (χ0v) is 26.9. The minimum Gasteiger partial charge on any atom is -0.507 e. The Labute approximate surface area is 269 Å². The van der Waals surface area contributed by atoms with Crippen molar-refractivity contribution in [2.75, 3.05) is 33.3 Å². The number of carbonyl (C=O) groups is 3. The molecule has 0 bridgehead atoms. The summed E-state index contributed by atoms with van der Waals surface area (Å²) in [6, 6.07) is 16.7. The van der Waals surface area contributed by atoms with E-state index < -0.39 is 29.5 Å². The summed E-state index contributed by atoms with van der Waals surface area (Å²) in [6.45, 7) is 3.76. The summed E-state index contributed by atoms with van der Waals surface area (Å²) in [5.41, 5.74) is 2.49. The van der Waals surface area contributed by atoms with Crippen LogP contribution in [0.25, 0.3) is 5.76 Å². The number of amides is 1. The third-order valence-electron chi connectivity index (χ3n) is 7.49. The molecule has 0 aliphatic carbocycles. The maximum absolute atomic E-state index is 13.8. The van der Waals surface area contributed by atoms with Crippen LogP contribution in [0.15, 0.2) is 66.2 Å². The standard InChI is InChI=1S/C34H32N2O9S/c1-18-14-21(12-13-23(18)45-17-20-10-8-7-9-11-20)28(37)26-27(22-15-24(41-3)30(43-5)25(16-22)42-4)36(32(39)29(26)38)34-35-19(2)31(46-34)33(40)44-6/h7-16,27,37H,17H2,1-6H3/t27-/m0/s1. The van der Waals surface area contributed by atoms with Crippen molar-refractivity contribution in [3.8, 4) is 23.0 Å². The lowest BCUT2D eigenvalue weighted by molar-refractivity contribution is -0.132. The predicted molar refractivity (Wildman–Crippen MR) is 171 cm³/mol. The van der Waals surface area contributed by atoms with Crippen LogP contribution in [0.5, 0.6) is 23.0 Å². The SMILES string of the molecule is COC(=O)c1sc(N2C(=O)C(=O)C(=C(O)c3ccc(OCc4ccccc4)c(C)c3)[C@@H]2c2cc(OC)c(OC)c(OC)c2)nc1C. The Bertz CT molecular complexity index is 1820. The van der Waals surface area contributed by atoms with Crippen molar-refractivity contribution < 1.29 is 43.2 Å². The fraction of sp³-hybridized carbons (Fsp3) is 0.235. The van der Waals surface area contributed by atoms with Gasteiger partial charge in [-0.05, 0) is 60.9 Å². The van der Waals surface area contributed by atoms with E-state index in [1.165, 1.54) is 28.4 Å². The first-order valence-corrected chi connectivity index (χ1v) is 14.9. The number of thiazole rings is 1. The van der Waals surface area contributed by atoms with E-state index in [-0.39, 0.29) is 27.1 Å². The van der Waals surface area contributed by atoms with E-state index in [1.54, 1.807) is 37.3 Å². The molecule has 0 radical (unpaired) electrons. The maximum Gasteiger partial charge on any atom is 0.350 e. The van der Waals surface area contributed by atoms with Crippen molar-refractivity contribution in [3.63, 3.8) is 0 Å². The molecule has 1 amide bonds. The van der Waals surface area contributed by atoms with E-state index in [0.717, 1.165) is 21.8 Å². The number of carbonyl (C=O) groups excluding carboxylic acids is 3. The first-order valence-electron chi connectivity index (χ1n) is 14.1. The molecule has 1 atom stereocenters. The van der Waals surface area contributed by atoms with Gasteiger partial charge in [0, 0.05) is 5.56 Å². The normalized spacial score (nSPS) is 15.5. The van der Waals surface area contributed by atoms with E-state index in [1.807, 2.05) is 37.3 Å². The van der Waals surface area contributed by atoms with Crippen LogP contribution in [0.1, 0.15) is 43.7 Å². The van der Waals surface area contributed by atoms with Crippen LogP contribution in [0.2, 0.25) is 0 Å². The number of ketones is 1. The largest absolute Gasteiger partial charge is 0.507 e. The van der Waals surface area contributed by atoms with E-state index in [2.05, 4.69) is 4.98 Å². The Kier molecular flexibility index (Phi) is 9.28. The molecule has 11 nitrogen and oxygen atoms in total. The Balaban J connectivity index is 1.65. The summed E-state index contributed by atoms with van der Waals surface area (Å²) in [5, 5.41) is 11.8. The van der Waals surface area contributed by atoms with Gasteiger partial charge in [-0.1, -0.05) is 41.7 Å². The summed E-state index contributed by atoms with van der Waals surface area (Å²) < 4.78 is 27.4. The number of benzene rings is 3. The Morgan fingerprint density at radius 1 is 0.913 bits per heavy atom. The van der Waals surface area contributed by atoms with Gasteiger partial charge in [-0.15, -0.1) is 0 Å². The Morgan fingerprint density at radius 3 is 2.17 bits per heavy atom. The van der Waals surface area contributed by atoms with Crippen molar-refractivity contribution in [1.82, 2.24) is 4.98 Å². The fourth-order valence-corrected chi connectivity index (χ4v) is 6.23. The first-order chi connectivity index (χ1) is 22.1. The number of hydrogen-bond acceptors (Lipinski definition) is 11. The van der Waals surface area contributed by atoms with Crippen LogP contribution in [-0.4, -0.2) is 56.2 Å². The minimum atomic E-state index is -1.18. The molecule has 238 valence electrons. The molecule has 0 unspecified atom stereocenters. The number of esters is 1. The molecular formula is C34H32N2O9S. The van der Waals surface area contributed by atoms with Crippen LogP contribution in [0, 0.1) is 13.8 Å². The van der Waals surface area contributed by atoms with Gasteiger partial charge in [-0.2, -0.15) is 0 Å². The van der Waals surface area contributed by atoms with Gasteiger partial charge in [0.25, 0.3) is 5.78 Å². The molecule has 46 heavy (non-hydrogen) atoms. The number of methoxy groups -OCH3 is 4. The molecule has 0 saturated carbocycles. The van der Waals surface area contributed by atoms with E-state index >= 15 is 0 Å². The molecular weight excluding hydrogens is 612 g/mol. The number of aromatic nitrogens is 1. The van der Waals surface area contributed by atoms with Crippen LogP contribution in [-0.2, 0) is 20.9 Å². The molecule has 5 rings (SSSR count). The number of nitrogens with zero attached hydrogens (tertiary/aromatic N) is 2. The van der Waals surface area contributed by atoms with Crippen molar-refractivity contribution in [2.24, 2.45) is 0 Å². The summed E-state index contributed by atoms with van der Waals surface area (Å²) in [5.74, 6) is -1.49.